The lowest BCUT2D eigenvalue weighted by Gasteiger charge is -2.38. The Morgan fingerprint density at radius 1 is 0.752 bits per heavy atom. The predicted molar refractivity (Wildman–Crippen MR) is 358 cm³/mol. The number of allylic oxidation sites excluding steroid dienone is 4. The molecule has 0 radical (unpaired) electrons. The maximum Gasteiger partial charge on any atom is 0.336 e. The molecule has 20 N–H and O–H groups in total. The normalized spacial score (nSPS) is 31.3. The Bertz CT molecular complexity index is 3740. The monoisotopic (exact) mass is 1480 g/mol. The summed E-state index contributed by atoms with van der Waals surface area (Å²) in [6.07, 6.45) is -8.88. The van der Waals surface area contributed by atoms with Crippen molar-refractivity contribution in [3.63, 3.8) is 0 Å². The van der Waals surface area contributed by atoms with Crippen molar-refractivity contribution >= 4 is 88.2 Å². The van der Waals surface area contributed by atoms with E-state index in [9.17, 15) is 108 Å². The molecule has 5 aliphatic rings. The van der Waals surface area contributed by atoms with E-state index in [4.69, 9.17) is 24.7 Å². The van der Waals surface area contributed by atoms with Gasteiger partial charge >= 0.3 is 17.7 Å². The van der Waals surface area contributed by atoms with Gasteiger partial charge in [0.2, 0.25) is 53.1 Å². The van der Waals surface area contributed by atoms with Gasteiger partial charge in [-0.25, -0.2) is 4.79 Å². The molecule has 0 spiro atoms. The van der Waals surface area contributed by atoms with Crippen LogP contribution in [0.5, 0.6) is 11.5 Å². The van der Waals surface area contributed by atoms with Crippen molar-refractivity contribution in [1.82, 2.24) is 47.9 Å². The van der Waals surface area contributed by atoms with Crippen molar-refractivity contribution < 1.29 is 137 Å². The minimum atomic E-state index is -2.78. The Labute approximate surface area is 600 Å². The minimum absolute atomic E-state index is 0.185. The molecule has 5 bridgehead atoms. The third kappa shape index (κ3) is 19.9. The Morgan fingerprint density at radius 3 is 1.94 bits per heavy atom. The van der Waals surface area contributed by atoms with Crippen LogP contribution in [0.4, 0.5) is 0 Å². The van der Waals surface area contributed by atoms with E-state index < -0.39 is 280 Å². The number of nitrogens with two attached hydrogens (primary N) is 1. The Balaban J connectivity index is 1.61. The van der Waals surface area contributed by atoms with Crippen LogP contribution in [-0.4, -0.2) is 252 Å². The zero-order chi connectivity index (χ0) is 79.5. The third-order valence-corrected chi connectivity index (χ3v) is 18.4. The van der Waals surface area contributed by atoms with Crippen LogP contribution in [0.1, 0.15) is 119 Å². The van der Waals surface area contributed by atoms with Crippen molar-refractivity contribution in [2.75, 3.05) is 26.8 Å². The van der Waals surface area contributed by atoms with E-state index in [1.165, 1.54) is 59.1 Å². The van der Waals surface area contributed by atoms with E-state index in [1.807, 2.05) is 21.3 Å². The fourth-order valence-corrected chi connectivity index (χ4v) is 11.9. The number of fused-ring (bicyclic) bond motifs is 14. The number of methoxy groups -OCH3 is 1. The molecule has 11 unspecified atom stereocenters. The summed E-state index contributed by atoms with van der Waals surface area (Å²) >= 11 is 0. The number of esters is 1. The van der Waals surface area contributed by atoms with Gasteiger partial charge in [-0.3, -0.25) is 67.1 Å². The number of amides is 9. The van der Waals surface area contributed by atoms with Gasteiger partial charge in [0.15, 0.2) is 11.9 Å². The summed E-state index contributed by atoms with van der Waals surface area (Å²) in [5.41, 5.74) is 0.498. The summed E-state index contributed by atoms with van der Waals surface area (Å²) < 4.78 is 23.5. The number of phenols is 1. The fraction of sp³-hybridized carbons (Fsp3) is 0.567. The van der Waals surface area contributed by atoms with Gasteiger partial charge in [0.1, 0.15) is 71.4 Å². The van der Waals surface area contributed by atoms with Gasteiger partial charge in [-0.15, -0.1) is 0 Å². The van der Waals surface area contributed by atoms with Gasteiger partial charge < -0.3 is 118 Å². The molecule has 578 valence electrons. The quantitative estimate of drug-likeness (QED) is 0.0609. The summed E-state index contributed by atoms with van der Waals surface area (Å²) in [6.45, 7) is 12.2. The number of aliphatic hydroxyl groups excluding tert-OH is 7. The molecule has 1 aliphatic carbocycles. The number of β-amino-alcohol motifs (C(OH)–C–C–N with tert-alkyl or cyclic N) is 1. The van der Waals surface area contributed by atoms with Crippen LogP contribution >= 0.6 is 0 Å². The molecular weight excluding hydrogens is 1390 g/mol. The van der Waals surface area contributed by atoms with E-state index in [0.717, 1.165) is 34.0 Å². The topological polar surface area (TPSA) is 609 Å². The first-order valence-corrected chi connectivity index (χ1v) is 33.1. The van der Waals surface area contributed by atoms with Crippen LogP contribution in [0.15, 0.2) is 47.5 Å². The second-order valence-corrected chi connectivity index (χ2v) is 26.6. The molecule has 38 nitrogen and oxygen atoms in total. The molecular formula is C67H92N10O28. The van der Waals surface area contributed by atoms with E-state index in [-0.39, 0.29) is 11.1 Å². The van der Waals surface area contributed by atoms with Crippen molar-refractivity contribution in [2.45, 2.75) is 180 Å². The molecule has 4 aliphatic heterocycles. The first-order chi connectivity index (χ1) is 48.9. The number of aromatic hydroxyl groups is 1. The largest absolute Gasteiger partial charge is 0.507 e. The number of carbonyl (C=O) groups is 15. The van der Waals surface area contributed by atoms with Crippen molar-refractivity contribution in [2.24, 2.45) is 41.2 Å². The number of ketones is 4. The average molecular weight is 1490 g/mol. The summed E-state index contributed by atoms with van der Waals surface area (Å²) in [6, 6.07) is -13.6. The van der Waals surface area contributed by atoms with E-state index in [0.29, 0.717) is 0 Å². The van der Waals surface area contributed by atoms with E-state index >= 15 is 9.59 Å². The molecule has 1 aromatic carbocycles. The maximum atomic E-state index is 15.3. The minimum Gasteiger partial charge on any atom is -0.507 e. The first-order valence-electron chi connectivity index (χ1n) is 33.1. The van der Waals surface area contributed by atoms with Crippen molar-refractivity contribution in [3.8, 4) is 11.5 Å². The Hall–Kier alpha value is -10.1. The summed E-state index contributed by atoms with van der Waals surface area (Å²) in [5, 5.41) is 117. The summed E-state index contributed by atoms with van der Waals surface area (Å²) in [4.78, 5) is 208. The average Bonchev–Trinajstić information content (AvgIpc) is 1.62. The van der Waals surface area contributed by atoms with Crippen LogP contribution in [0.25, 0.3) is 0 Å². The van der Waals surface area contributed by atoms with Crippen LogP contribution in [0.3, 0.4) is 0 Å². The van der Waals surface area contributed by atoms with Crippen LogP contribution in [0, 0.1) is 42.4 Å². The highest BCUT2D eigenvalue weighted by atomic mass is 16.7. The molecule has 0 aromatic heterocycles. The predicted octanol–water partition coefficient (Wildman–Crippen LogP) is -6.14. The number of hydrogen-bond acceptors (Lipinski definition) is 28. The molecule has 4 heterocycles. The molecule has 38 heteroatoms. The molecule has 0 saturated carbocycles. The van der Waals surface area contributed by atoms with Crippen molar-refractivity contribution in [1.29, 1.82) is 0 Å². The number of phenolic OH excluding ortho intramolecular Hbond substituents is 1. The number of benzene rings is 1. The molecule has 9 amide bonds. The Morgan fingerprint density at radius 2 is 1.37 bits per heavy atom. The van der Waals surface area contributed by atoms with Gasteiger partial charge in [-0.1, -0.05) is 59.8 Å². The lowest BCUT2D eigenvalue weighted by molar-refractivity contribution is -0.160. The molecule has 1 saturated heterocycles. The highest BCUT2D eigenvalue weighted by molar-refractivity contribution is 6.32. The van der Waals surface area contributed by atoms with E-state index in [2.05, 4.69) is 21.3 Å². The molecule has 1 aromatic rings. The lowest BCUT2D eigenvalue weighted by atomic mass is 9.78. The first kappa shape index (κ1) is 85.6. The standard InChI is InChI=1S/C67H92N10O28/c1-23(2)33-19-36(81)35(22-78)73-61(95)34(72-65(99)46(66(100)101)77-62(96)37(82)21-70-63(97)42(31(10)79)74-64(98)45(76-60(33)94)52(88)53(89)57(68)91)20-69-59(93)30(9)71-43-44-51(87)40-39(50(43)86)41-55(29(8)49(40)85)105-67(12,56(41)90)103-18-17-38(102-13)26(5)54(104-32(11)80)28(7)48(84)27(6)47(83)24(3)15-14-16-25(4)58(92)75-44/h14-18,23-24,26-28,30-31,33-35,37-38,42,45-48,52-54,71,78-79,82-85,88-89H,19-22H2,1-13H3,(H2,68,91)(H,69,93)(H,70,97)(H,72,99)(H,73,95)(H,74,98)(H,75,92)(H,76,94)(H,77,96)(H,100,101)/b15-14+,18-17+,25-16-/t24-,26+,27+,28+,30?,31?,33?,34?,35?,37?,38-,42?,45?,46?,47-,48+,52?,53?,54+,67-/m0/s1. The van der Waals surface area contributed by atoms with Crippen LogP contribution < -0.4 is 58.3 Å². The summed E-state index contributed by atoms with van der Waals surface area (Å²) in [5.74, 6) is -31.0. The van der Waals surface area contributed by atoms with Gasteiger partial charge in [0, 0.05) is 74.6 Å². The number of Topliss-reactive ketones (excluding diaryl/α,β-unsaturated/α-hetero) is 4. The van der Waals surface area contributed by atoms with Crippen LogP contribution in [0.2, 0.25) is 0 Å². The highest BCUT2D eigenvalue weighted by Crippen LogP contribution is 2.48. The van der Waals surface area contributed by atoms with Gasteiger partial charge in [-0.2, -0.15) is 0 Å². The van der Waals surface area contributed by atoms with Crippen molar-refractivity contribution in [3.05, 3.63) is 69.8 Å². The number of primary amides is 1. The summed E-state index contributed by atoms with van der Waals surface area (Å²) in [7, 11) is 1.31. The number of aliphatic carboxylic acids is 1. The number of aliphatic hydroxyl groups is 7. The van der Waals surface area contributed by atoms with Gasteiger partial charge in [0.25, 0.3) is 23.5 Å². The van der Waals surface area contributed by atoms with Gasteiger partial charge in [-0.05, 0) is 39.7 Å². The zero-order valence-electron chi connectivity index (χ0n) is 59.6. The van der Waals surface area contributed by atoms with Crippen LogP contribution in [-0.2, 0) is 71.7 Å². The number of nitrogens with one attached hydrogen (secondary N) is 9. The second-order valence-electron chi connectivity index (χ2n) is 26.6. The maximum absolute atomic E-state index is 15.3. The number of carboxylic acid groups (broad SMARTS) is 1. The lowest BCUT2D eigenvalue weighted by Crippen LogP contribution is -2.64. The molecule has 6 rings (SSSR count). The molecule has 105 heavy (non-hydrogen) atoms. The van der Waals surface area contributed by atoms with Gasteiger partial charge in [0.05, 0.1) is 60.5 Å². The number of rotatable bonds is 14. The number of carbonyl (C=O) groups excluding carboxylic acids is 14. The number of hydrogen-bond donors (Lipinski definition) is 19. The zero-order valence-corrected chi connectivity index (χ0v) is 59.6. The number of ether oxygens (including phenoxy) is 4. The highest BCUT2D eigenvalue weighted by Gasteiger charge is 2.54. The van der Waals surface area contributed by atoms with E-state index in [1.54, 1.807) is 33.0 Å². The Kier molecular flexibility index (Phi) is 29.4. The molecule has 1 fully saturated rings. The SMILES string of the molecule is CO[C@H]1/C=C/O[C@@]2(C)Oc3c(C)c(O)c4c(c3C2=O)C(=O)C(NC(C)C(=O)NCC2NC(=O)C(C(=O)O)NC(=O)C(O)CNC(=O)C(C(C)O)NC(=O)C(C(O)C(O)C(N)=O)NC(=O)C(C(C)C)CC(=O)C(CO)NC2=O)=C(NC(=O)/C(C)=C\C=C\[C@H](C)[C@H](O)[C@@H](C)[C@@H](O)[C@@H](C)[C@H](OC(C)=O)[C@@H]1C)C4=O. The second kappa shape index (κ2) is 36.1. The third-order valence-electron chi connectivity index (χ3n) is 18.4. The number of carboxylic acids is 1. The fourth-order valence-electron chi connectivity index (χ4n) is 11.9. The molecule has 20 atom stereocenters. The smallest absolute Gasteiger partial charge is 0.336 e.